The zero-order chi connectivity index (χ0) is 9.84. The molecule has 0 saturated heterocycles. The molecule has 0 spiro atoms. The van der Waals surface area contributed by atoms with Gasteiger partial charge in [-0.3, -0.25) is 4.98 Å². The van der Waals surface area contributed by atoms with Crippen LogP contribution in [-0.4, -0.2) is 16.7 Å². The van der Waals surface area contributed by atoms with Crippen LogP contribution in [0.25, 0.3) is 0 Å². The number of nitrogens with zero attached hydrogens (tertiary/aromatic N) is 1. The van der Waals surface area contributed by atoms with Gasteiger partial charge >= 0.3 is 0 Å². The zero-order valence-corrected chi connectivity index (χ0v) is 6.82. The van der Waals surface area contributed by atoms with Crippen molar-refractivity contribution in [3.8, 4) is 0 Å². The van der Waals surface area contributed by atoms with E-state index in [1.807, 2.05) is 0 Å². The van der Waals surface area contributed by atoms with Crippen LogP contribution in [0.2, 0.25) is 0 Å². The Morgan fingerprint density at radius 1 is 1.46 bits per heavy atom. The zero-order valence-electron chi connectivity index (χ0n) is 6.82. The van der Waals surface area contributed by atoms with Gasteiger partial charge in [-0.25, -0.2) is 8.78 Å². The fraction of sp³-hybridized carbons (Fsp3) is 0.375. The first kappa shape index (κ1) is 10.0. The molecule has 1 rings (SSSR count). The molecule has 3 nitrogen and oxygen atoms in total. The predicted molar refractivity (Wildman–Crippen MR) is 43.2 cm³/mol. The number of aliphatic hydroxyl groups excluding tert-OH is 1. The van der Waals surface area contributed by atoms with Gasteiger partial charge in [0.05, 0.1) is 12.6 Å². The second-order valence-corrected chi connectivity index (χ2v) is 2.61. The maximum atomic E-state index is 12.0. The maximum Gasteiger partial charge on any atom is 0.280 e. The average molecular weight is 188 g/mol. The molecule has 3 N–H and O–H groups in total. The Morgan fingerprint density at radius 3 is 2.54 bits per heavy atom. The summed E-state index contributed by atoms with van der Waals surface area (Å²) in [5, 5.41) is 8.67. The van der Waals surface area contributed by atoms with Crippen LogP contribution in [0.15, 0.2) is 18.3 Å². The van der Waals surface area contributed by atoms with Crippen LogP contribution >= 0.6 is 0 Å². The van der Waals surface area contributed by atoms with E-state index in [0.29, 0.717) is 5.56 Å². The van der Waals surface area contributed by atoms with E-state index in [4.69, 9.17) is 10.8 Å². The third kappa shape index (κ3) is 2.43. The summed E-state index contributed by atoms with van der Waals surface area (Å²) < 4.78 is 24.1. The van der Waals surface area contributed by atoms with Crippen LogP contribution in [0.5, 0.6) is 0 Å². The Balaban J connectivity index is 2.81. The van der Waals surface area contributed by atoms with E-state index in [0.717, 1.165) is 0 Å². The lowest BCUT2D eigenvalue weighted by Gasteiger charge is -2.07. The van der Waals surface area contributed by atoms with Crippen LogP contribution in [-0.2, 0) is 0 Å². The molecule has 0 amide bonds. The molecule has 0 saturated carbocycles. The molecule has 13 heavy (non-hydrogen) atoms. The number of aliphatic hydroxyl groups is 1. The van der Waals surface area contributed by atoms with Gasteiger partial charge in [0, 0.05) is 6.20 Å². The van der Waals surface area contributed by atoms with E-state index in [2.05, 4.69) is 4.98 Å². The largest absolute Gasteiger partial charge is 0.394 e. The fourth-order valence-corrected chi connectivity index (χ4v) is 0.871. The molecule has 0 unspecified atom stereocenters. The number of aromatic nitrogens is 1. The first-order valence-electron chi connectivity index (χ1n) is 3.75. The number of alkyl halides is 2. The third-order valence-electron chi connectivity index (χ3n) is 1.66. The lowest BCUT2D eigenvalue weighted by atomic mass is 10.1. The van der Waals surface area contributed by atoms with Gasteiger partial charge in [0.1, 0.15) is 5.69 Å². The van der Waals surface area contributed by atoms with E-state index in [1.54, 1.807) is 0 Å². The van der Waals surface area contributed by atoms with E-state index in [-0.39, 0.29) is 12.3 Å². The van der Waals surface area contributed by atoms with Crippen molar-refractivity contribution in [1.29, 1.82) is 0 Å². The molecule has 0 radical (unpaired) electrons. The molecule has 1 heterocycles. The van der Waals surface area contributed by atoms with Gasteiger partial charge in [0.15, 0.2) is 0 Å². The summed E-state index contributed by atoms with van der Waals surface area (Å²) in [4.78, 5) is 3.51. The quantitative estimate of drug-likeness (QED) is 0.744. The molecule has 0 aromatic carbocycles. The van der Waals surface area contributed by atoms with Crippen molar-refractivity contribution in [1.82, 2.24) is 4.98 Å². The molecule has 0 fully saturated rings. The molecular formula is C8H10F2N2O. The molecule has 0 aliphatic carbocycles. The van der Waals surface area contributed by atoms with Gasteiger partial charge < -0.3 is 10.8 Å². The highest BCUT2D eigenvalue weighted by Crippen LogP contribution is 2.17. The van der Waals surface area contributed by atoms with Crippen LogP contribution < -0.4 is 5.73 Å². The second kappa shape index (κ2) is 4.25. The number of nitrogens with two attached hydrogens (primary N) is 1. The van der Waals surface area contributed by atoms with Gasteiger partial charge in [-0.05, 0) is 11.6 Å². The molecule has 72 valence electrons. The minimum atomic E-state index is -2.57. The van der Waals surface area contributed by atoms with Gasteiger partial charge in [0.2, 0.25) is 0 Å². The van der Waals surface area contributed by atoms with Crippen LogP contribution in [0.3, 0.4) is 0 Å². The molecule has 0 aliphatic heterocycles. The van der Waals surface area contributed by atoms with E-state index >= 15 is 0 Å². The molecule has 0 bridgehead atoms. The predicted octanol–water partition coefficient (Wildman–Crippen LogP) is 1.01. The summed E-state index contributed by atoms with van der Waals surface area (Å²) >= 11 is 0. The normalized spacial score (nSPS) is 13.3. The summed E-state index contributed by atoms with van der Waals surface area (Å²) in [7, 11) is 0. The van der Waals surface area contributed by atoms with Crippen molar-refractivity contribution in [3.05, 3.63) is 29.6 Å². The van der Waals surface area contributed by atoms with Crippen LogP contribution in [0.1, 0.15) is 23.7 Å². The highest BCUT2D eigenvalue weighted by Gasteiger charge is 2.09. The molecule has 1 aromatic heterocycles. The number of pyridine rings is 1. The van der Waals surface area contributed by atoms with Gasteiger partial charge in [0.25, 0.3) is 6.43 Å². The van der Waals surface area contributed by atoms with Gasteiger partial charge in [-0.15, -0.1) is 0 Å². The van der Waals surface area contributed by atoms with Crippen LogP contribution in [0, 0.1) is 0 Å². The fourth-order valence-electron chi connectivity index (χ4n) is 0.871. The Kier molecular flexibility index (Phi) is 3.27. The Labute approximate surface area is 74.2 Å². The standard InChI is InChI=1S/C8H10F2N2O/c9-8(10)7-2-1-5(3-12-7)6(11)4-13/h1-3,6,8,13H,4,11H2/t6-/m1/s1. The SMILES string of the molecule is N[C@H](CO)c1ccc(C(F)F)nc1. The van der Waals surface area contributed by atoms with Crippen LogP contribution in [0.4, 0.5) is 8.78 Å². The summed E-state index contributed by atoms with van der Waals surface area (Å²) in [6.45, 7) is -0.226. The number of rotatable bonds is 3. The van der Waals surface area contributed by atoms with E-state index < -0.39 is 12.5 Å². The third-order valence-corrected chi connectivity index (χ3v) is 1.66. The van der Waals surface area contributed by atoms with Crippen molar-refractivity contribution in [2.24, 2.45) is 5.73 Å². The van der Waals surface area contributed by atoms with E-state index in [9.17, 15) is 8.78 Å². The van der Waals surface area contributed by atoms with Crippen molar-refractivity contribution < 1.29 is 13.9 Å². The highest BCUT2D eigenvalue weighted by atomic mass is 19.3. The van der Waals surface area contributed by atoms with Crippen molar-refractivity contribution in [2.75, 3.05) is 6.61 Å². The minimum Gasteiger partial charge on any atom is -0.394 e. The topological polar surface area (TPSA) is 59.1 Å². The van der Waals surface area contributed by atoms with Gasteiger partial charge in [-0.1, -0.05) is 6.07 Å². The smallest absolute Gasteiger partial charge is 0.280 e. The Morgan fingerprint density at radius 2 is 2.15 bits per heavy atom. The minimum absolute atomic E-state index is 0.226. The second-order valence-electron chi connectivity index (χ2n) is 2.61. The summed E-state index contributed by atoms with van der Waals surface area (Å²) in [5.74, 6) is 0. The maximum absolute atomic E-state index is 12.0. The summed E-state index contributed by atoms with van der Waals surface area (Å²) in [5.41, 5.74) is 5.71. The lowest BCUT2D eigenvalue weighted by molar-refractivity contribution is 0.146. The monoisotopic (exact) mass is 188 g/mol. The highest BCUT2D eigenvalue weighted by molar-refractivity contribution is 5.17. The average Bonchev–Trinajstić information content (AvgIpc) is 2.17. The molecule has 1 atom stereocenters. The number of hydrogen-bond acceptors (Lipinski definition) is 3. The lowest BCUT2D eigenvalue weighted by Crippen LogP contribution is -2.14. The summed E-state index contributed by atoms with van der Waals surface area (Å²) in [6, 6.07) is 2.09. The van der Waals surface area contributed by atoms with Crippen molar-refractivity contribution >= 4 is 0 Å². The van der Waals surface area contributed by atoms with Gasteiger partial charge in [-0.2, -0.15) is 0 Å². The Hall–Kier alpha value is -1.07. The van der Waals surface area contributed by atoms with Crippen molar-refractivity contribution in [2.45, 2.75) is 12.5 Å². The molecule has 5 heteroatoms. The molecule has 1 aromatic rings. The summed E-state index contributed by atoms with van der Waals surface area (Å²) in [6.07, 6.45) is -1.32. The van der Waals surface area contributed by atoms with E-state index in [1.165, 1.54) is 18.3 Å². The molecule has 0 aliphatic rings. The first-order chi connectivity index (χ1) is 6.15. The molecular weight excluding hydrogens is 178 g/mol. The number of halogens is 2. The van der Waals surface area contributed by atoms with Crippen molar-refractivity contribution in [3.63, 3.8) is 0 Å². The first-order valence-corrected chi connectivity index (χ1v) is 3.75. The Bertz CT molecular complexity index is 263. The number of hydrogen-bond donors (Lipinski definition) is 2.